The summed E-state index contributed by atoms with van der Waals surface area (Å²) in [6, 6.07) is 5.95. The number of aromatic nitrogens is 2. The van der Waals surface area contributed by atoms with Crippen LogP contribution >= 0.6 is 22.9 Å². The van der Waals surface area contributed by atoms with E-state index in [9.17, 15) is 26.4 Å². The Morgan fingerprint density at radius 2 is 1.77 bits per heavy atom. The van der Waals surface area contributed by atoms with E-state index in [1.807, 2.05) is 0 Å². The highest BCUT2D eigenvalue weighted by Crippen LogP contribution is 2.36. The normalized spacial score (nSPS) is 14.5. The Morgan fingerprint density at radius 1 is 1.14 bits per heavy atom. The fraction of sp³-hybridized carbons (Fsp3) is 0.286. The lowest BCUT2D eigenvalue weighted by molar-refractivity contribution is -0.180. The first-order chi connectivity index (χ1) is 16.3. The molecule has 0 unspecified atom stereocenters. The summed E-state index contributed by atoms with van der Waals surface area (Å²) in [5.74, 6) is -1.44. The largest absolute Gasteiger partial charge is 0.395 e. The van der Waals surface area contributed by atoms with Gasteiger partial charge in [-0.2, -0.15) is 13.2 Å². The molecule has 3 aromatic rings. The summed E-state index contributed by atoms with van der Waals surface area (Å²) in [5.41, 5.74) is 1.62. The molecule has 0 spiro atoms. The second-order valence-electron chi connectivity index (χ2n) is 8.05. The number of hydrogen-bond acceptors (Lipinski definition) is 7. The minimum atomic E-state index is -4.21. The number of carbonyl (C=O) groups is 1. The van der Waals surface area contributed by atoms with Crippen LogP contribution in [0.25, 0.3) is 11.4 Å². The number of aryl methyl sites for hydroxylation is 1. The first-order valence-electron chi connectivity index (χ1n) is 10.1. The van der Waals surface area contributed by atoms with Gasteiger partial charge in [-0.3, -0.25) is 9.52 Å². The van der Waals surface area contributed by atoms with Crippen LogP contribution in [0.2, 0.25) is 5.02 Å². The Labute approximate surface area is 208 Å². The number of halogens is 4. The van der Waals surface area contributed by atoms with Crippen LogP contribution in [0.15, 0.2) is 36.7 Å². The number of benzene rings is 1. The number of sulfonamides is 1. The molecule has 0 bridgehead atoms. The zero-order valence-electron chi connectivity index (χ0n) is 18.4. The molecule has 1 fully saturated rings. The van der Waals surface area contributed by atoms with E-state index in [2.05, 4.69) is 20.0 Å². The summed E-state index contributed by atoms with van der Waals surface area (Å²) < 4.78 is 63.4. The Kier molecular flexibility index (Phi) is 6.68. The van der Waals surface area contributed by atoms with Gasteiger partial charge in [0.25, 0.3) is 5.91 Å². The third-order valence-corrected chi connectivity index (χ3v) is 7.06. The van der Waals surface area contributed by atoms with Gasteiger partial charge in [-0.1, -0.05) is 11.6 Å². The number of rotatable bonds is 6. The van der Waals surface area contributed by atoms with E-state index in [0.29, 0.717) is 27.6 Å². The SMILES string of the molecule is Cc1sc(C(=O)Nc2cc(Cl)cc(NS(C)(=O)=O)c2)cc1-c1ncc(N2CC(C(F)(F)F)C2)cn1. The van der Waals surface area contributed by atoms with Crippen molar-refractivity contribution in [2.45, 2.75) is 13.1 Å². The number of nitrogens with zero attached hydrogens (tertiary/aromatic N) is 3. The maximum atomic E-state index is 12.8. The molecule has 3 heterocycles. The highest BCUT2D eigenvalue weighted by Gasteiger charge is 2.47. The smallest absolute Gasteiger partial charge is 0.368 e. The molecule has 8 nitrogen and oxygen atoms in total. The van der Waals surface area contributed by atoms with Crippen LogP contribution in [0, 0.1) is 12.8 Å². The van der Waals surface area contributed by atoms with Gasteiger partial charge >= 0.3 is 6.18 Å². The van der Waals surface area contributed by atoms with Crippen molar-refractivity contribution in [2.75, 3.05) is 34.3 Å². The predicted octanol–water partition coefficient (Wildman–Crippen LogP) is 4.79. The molecular formula is C21H19ClF3N5O3S2. The number of anilines is 3. The molecule has 1 saturated heterocycles. The molecule has 1 amide bonds. The van der Waals surface area contributed by atoms with E-state index in [1.165, 1.54) is 41.9 Å². The highest BCUT2D eigenvalue weighted by atomic mass is 35.5. The van der Waals surface area contributed by atoms with E-state index in [4.69, 9.17) is 11.6 Å². The van der Waals surface area contributed by atoms with Gasteiger partial charge in [0.15, 0.2) is 5.82 Å². The van der Waals surface area contributed by atoms with E-state index < -0.39 is 28.0 Å². The van der Waals surface area contributed by atoms with Crippen molar-refractivity contribution in [1.82, 2.24) is 9.97 Å². The third-order valence-electron chi connectivity index (χ3n) is 5.19. The van der Waals surface area contributed by atoms with Gasteiger partial charge in [-0.15, -0.1) is 11.3 Å². The molecule has 2 aromatic heterocycles. The molecule has 2 N–H and O–H groups in total. The summed E-state index contributed by atoms with van der Waals surface area (Å²) in [6.07, 6.45) is -0.277. The van der Waals surface area contributed by atoms with E-state index in [1.54, 1.807) is 17.9 Å². The fourth-order valence-corrected chi connectivity index (χ4v) is 5.16. The zero-order valence-corrected chi connectivity index (χ0v) is 20.7. The second-order valence-corrected chi connectivity index (χ2v) is 11.5. The minimum Gasteiger partial charge on any atom is -0.368 e. The maximum absolute atomic E-state index is 12.8. The molecule has 0 radical (unpaired) electrons. The predicted molar refractivity (Wildman–Crippen MR) is 130 cm³/mol. The van der Waals surface area contributed by atoms with Crippen LogP contribution in [-0.2, 0) is 10.0 Å². The fourth-order valence-electron chi connectivity index (χ4n) is 3.46. The number of alkyl halides is 3. The van der Waals surface area contributed by atoms with Crippen molar-refractivity contribution in [3.8, 4) is 11.4 Å². The van der Waals surface area contributed by atoms with E-state index in [-0.39, 0.29) is 23.8 Å². The average molecular weight is 546 g/mol. The monoisotopic (exact) mass is 545 g/mol. The van der Waals surface area contributed by atoms with Gasteiger partial charge in [-0.25, -0.2) is 18.4 Å². The molecule has 14 heteroatoms. The lowest BCUT2D eigenvalue weighted by Crippen LogP contribution is -2.53. The van der Waals surface area contributed by atoms with E-state index >= 15 is 0 Å². The molecule has 0 saturated carbocycles. The van der Waals surface area contributed by atoms with Gasteiger partial charge in [0.1, 0.15) is 0 Å². The number of amides is 1. The van der Waals surface area contributed by atoms with E-state index in [0.717, 1.165) is 11.1 Å². The van der Waals surface area contributed by atoms with Crippen molar-refractivity contribution in [3.05, 3.63) is 51.4 Å². The first-order valence-corrected chi connectivity index (χ1v) is 13.2. The highest BCUT2D eigenvalue weighted by molar-refractivity contribution is 7.92. The van der Waals surface area contributed by atoms with Gasteiger partial charge in [-0.05, 0) is 31.2 Å². The summed E-state index contributed by atoms with van der Waals surface area (Å²) in [5, 5.41) is 2.92. The standard InChI is InChI=1S/C21H19ClF3N5O3S2/c1-11-17(19-26-7-16(8-27-19)30-9-12(10-30)21(23,24)25)6-18(34-11)20(31)28-14-3-13(22)4-15(5-14)29-35(2,32)33/h3-8,12,29H,9-10H2,1-2H3,(H,28,31). The van der Waals surface area contributed by atoms with Crippen molar-refractivity contribution in [1.29, 1.82) is 0 Å². The van der Waals surface area contributed by atoms with Gasteiger partial charge in [0.2, 0.25) is 10.0 Å². The Bertz CT molecular complexity index is 1370. The number of nitrogens with one attached hydrogen (secondary N) is 2. The van der Waals surface area contributed by atoms with Crippen molar-refractivity contribution in [2.24, 2.45) is 5.92 Å². The lowest BCUT2D eigenvalue weighted by atomic mass is 9.99. The van der Waals surface area contributed by atoms with Crippen molar-refractivity contribution < 1.29 is 26.4 Å². The molecule has 1 aliphatic heterocycles. The lowest BCUT2D eigenvalue weighted by Gasteiger charge is -2.41. The van der Waals surface area contributed by atoms with Crippen LogP contribution in [0.4, 0.5) is 30.2 Å². The number of carbonyl (C=O) groups excluding carboxylic acids is 1. The van der Waals surface area contributed by atoms with Crippen LogP contribution in [0.3, 0.4) is 0 Å². The first kappa shape index (κ1) is 25.2. The Balaban J connectivity index is 1.47. The summed E-state index contributed by atoms with van der Waals surface area (Å²) in [6.45, 7) is 1.54. The molecule has 186 valence electrons. The maximum Gasteiger partial charge on any atom is 0.395 e. The number of thiophene rings is 1. The van der Waals surface area contributed by atoms with Crippen LogP contribution < -0.4 is 14.9 Å². The summed E-state index contributed by atoms with van der Waals surface area (Å²) in [7, 11) is -3.53. The molecule has 0 aliphatic carbocycles. The molecule has 35 heavy (non-hydrogen) atoms. The molecule has 1 aromatic carbocycles. The van der Waals surface area contributed by atoms with Gasteiger partial charge < -0.3 is 10.2 Å². The zero-order chi connectivity index (χ0) is 25.5. The molecule has 0 atom stereocenters. The Morgan fingerprint density at radius 3 is 2.37 bits per heavy atom. The molecule has 4 rings (SSSR count). The van der Waals surface area contributed by atoms with Crippen LogP contribution in [-0.4, -0.2) is 49.8 Å². The van der Waals surface area contributed by atoms with Gasteiger partial charge in [0.05, 0.1) is 40.8 Å². The van der Waals surface area contributed by atoms with Crippen molar-refractivity contribution >= 4 is 55.9 Å². The summed E-state index contributed by atoms with van der Waals surface area (Å²) >= 11 is 7.25. The molecule has 1 aliphatic rings. The van der Waals surface area contributed by atoms with Crippen molar-refractivity contribution in [3.63, 3.8) is 0 Å². The van der Waals surface area contributed by atoms with Crippen LogP contribution in [0.1, 0.15) is 14.5 Å². The van der Waals surface area contributed by atoms with Gasteiger partial charge in [0, 0.05) is 34.2 Å². The second kappa shape index (κ2) is 9.28. The molecular weight excluding hydrogens is 527 g/mol. The summed E-state index contributed by atoms with van der Waals surface area (Å²) in [4.78, 5) is 24.0. The minimum absolute atomic E-state index is 0.126. The Hall–Kier alpha value is -2.90. The quantitative estimate of drug-likeness (QED) is 0.461. The van der Waals surface area contributed by atoms with Crippen LogP contribution in [0.5, 0.6) is 0 Å². The third kappa shape index (κ3) is 6.03. The topological polar surface area (TPSA) is 104 Å². The average Bonchev–Trinajstić information content (AvgIpc) is 3.06. The number of hydrogen-bond donors (Lipinski definition) is 2.